The molecule has 6 nitrogen and oxygen atoms in total. The third kappa shape index (κ3) is 1.59. The van der Waals surface area contributed by atoms with Gasteiger partial charge in [-0.3, -0.25) is 9.59 Å². The summed E-state index contributed by atoms with van der Waals surface area (Å²) in [4.78, 5) is 22.1. The predicted molar refractivity (Wildman–Crippen MR) is 43.7 cm³/mol. The Bertz CT molecular complexity index is 189. The summed E-state index contributed by atoms with van der Waals surface area (Å²) in [6.07, 6.45) is 0. The van der Waals surface area contributed by atoms with Crippen LogP contribution in [0.4, 0.5) is 0 Å². The lowest BCUT2D eigenvalue weighted by Gasteiger charge is -2.27. The Hall–Kier alpha value is -1.01. The van der Waals surface area contributed by atoms with E-state index in [1.807, 2.05) is 0 Å². The molecule has 1 aliphatic heterocycles. The smallest absolute Gasteiger partial charge is 0.242 e. The summed E-state index contributed by atoms with van der Waals surface area (Å²) in [7, 11) is 2.22. The first-order valence-corrected chi connectivity index (χ1v) is 3.40. The van der Waals surface area contributed by atoms with Gasteiger partial charge in [0.15, 0.2) is 0 Å². The summed E-state index contributed by atoms with van der Waals surface area (Å²) in [5.41, 5.74) is 10.2. The van der Waals surface area contributed by atoms with E-state index in [0.29, 0.717) is 0 Å². The van der Waals surface area contributed by atoms with Gasteiger partial charge in [0, 0.05) is 0 Å². The number of hydrogen-bond donors (Lipinski definition) is 4. The van der Waals surface area contributed by atoms with E-state index in [1.54, 1.807) is 0 Å². The number of nitrogens with two attached hydrogens (primary N) is 2. The molecule has 12 heavy (non-hydrogen) atoms. The third-order valence-corrected chi connectivity index (χ3v) is 1.55. The fourth-order valence-corrected chi connectivity index (χ4v) is 0.888. The summed E-state index contributed by atoms with van der Waals surface area (Å²) in [6.45, 7) is 0. The topological polar surface area (TPSA) is 110 Å². The Morgan fingerprint density at radius 1 is 1.00 bits per heavy atom. The maximum Gasteiger partial charge on any atom is 0.242 e. The number of carbonyl (C=O) groups is 2. The molecule has 1 heterocycles. The van der Waals surface area contributed by atoms with E-state index >= 15 is 0 Å². The molecule has 62 valence electrons. The Kier molecular flexibility index (Phi) is 2.72. The van der Waals surface area contributed by atoms with E-state index in [1.165, 1.54) is 0 Å². The van der Waals surface area contributed by atoms with Crippen LogP contribution in [0.2, 0.25) is 0 Å². The van der Waals surface area contributed by atoms with Crippen molar-refractivity contribution in [3.05, 3.63) is 0 Å². The van der Waals surface area contributed by atoms with Gasteiger partial charge in [-0.25, -0.2) is 0 Å². The largest absolute Gasteiger partial charge is 0.372 e. The van der Waals surface area contributed by atoms with Gasteiger partial charge in [-0.05, 0) is 0 Å². The standard InChI is InChI=1S/C4H8B2N4O2/c7-5-1-3(11)10-2(6-8)4(12)9-1/h1-2H,7-8H2,(H,9,12)(H,10,11). The van der Waals surface area contributed by atoms with Gasteiger partial charge in [-0.15, -0.1) is 0 Å². The molecule has 2 radical (unpaired) electrons. The molecule has 1 aliphatic rings. The lowest BCUT2D eigenvalue weighted by atomic mass is 9.76. The highest BCUT2D eigenvalue weighted by molar-refractivity contribution is 6.46. The van der Waals surface area contributed by atoms with Gasteiger partial charge >= 0.3 is 0 Å². The molecule has 2 amide bonds. The second-order valence-electron chi connectivity index (χ2n) is 2.36. The number of hydrogen-bond acceptors (Lipinski definition) is 4. The van der Waals surface area contributed by atoms with Gasteiger partial charge < -0.3 is 21.9 Å². The Morgan fingerprint density at radius 2 is 1.33 bits per heavy atom. The molecule has 0 bridgehead atoms. The molecule has 0 saturated carbocycles. The van der Waals surface area contributed by atoms with Crippen LogP contribution in [0.25, 0.3) is 0 Å². The van der Waals surface area contributed by atoms with E-state index in [9.17, 15) is 9.59 Å². The highest BCUT2D eigenvalue weighted by Crippen LogP contribution is 1.92. The van der Waals surface area contributed by atoms with Crippen molar-refractivity contribution in [1.29, 1.82) is 0 Å². The van der Waals surface area contributed by atoms with Crippen molar-refractivity contribution in [3.8, 4) is 0 Å². The SMILES string of the molecule is N[B]C1NC(=O)C([B]N)NC1=O. The van der Waals surface area contributed by atoms with Crippen molar-refractivity contribution in [2.24, 2.45) is 11.3 Å². The zero-order chi connectivity index (χ0) is 9.14. The summed E-state index contributed by atoms with van der Waals surface area (Å²) in [5.74, 6) is -2.23. The molecule has 8 heteroatoms. The molecule has 0 aromatic carbocycles. The summed E-state index contributed by atoms with van der Waals surface area (Å²) >= 11 is 0. The van der Waals surface area contributed by atoms with Gasteiger partial charge in [-0.1, -0.05) is 0 Å². The highest BCUT2D eigenvalue weighted by Gasteiger charge is 2.32. The summed E-state index contributed by atoms with van der Waals surface area (Å²) in [6, 6.07) is 0. The van der Waals surface area contributed by atoms with Crippen LogP contribution in [-0.4, -0.2) is 38.5 Å². The zero-order valence-corrected chi connectivity index (χ0v) is 6.28. The number of amides is 2. The maximum atomic E-state index is 11.0. The van der Waals surface area contributed by atoms with Crippen LogP contribution in [0.3, 0.4) is 0 Å². The Labute approximate surface area is 71.0 Å². The first-order valence-electron chi connectivity index (χ1n) is 3.40. The van der Waals surface area contributed by atoms with Crippen molar-refractivity contribution < 1.29 is 9.59 Å². The van der Waals surface area contributed by atoms with Gasteiger partial charge in [0.05, 0.1) is 11.9 Å². The maximum absolute atomic E-state index is 11.0. The lowest BCUT2D eigenvalue weighted by molar-refractivity contribution is -0.132. The molecule has 6 N–H and O–H groups in total. The van der Waals surface area contributed by atoms with Gasteiger partial charge in [0.25, 0.3) is 0 Å². The molecular weight excluding hydrogens is 158 g/mol. The summed E-state index contributed by atoms with van der Waals surface area (Å²) < 4.78 is 0. The number of piperazine rings is 1. The molecular formula is C4H8B2N4O2. The van der Waals surface area contributed by atoms with Gasteiger partial charge in [-0.2, -0.15) is 0 Å². The normalized spacial score (nSPS) is 28.8. The van der Waals surface area contributed by atoms with Crippen LogP contribution in [0.5, 0.6) is 0 Å². The average Bonchev–Trinajstić information content (AvgIpc) is 2.08. The molecule has 0 aromatic heterocycles. The fourth-order valence-electron chi connectivity index (χ4n) is 0.888. The Morgan fingerprint density at radius 3 is 1.58 bits per heavy atom. The van der Waals surface area contributed by atoms with Crippen molar-refractivity contribution in [1.82, 2.24) is 10.6 Å². The molecule has 0 aromatic rings. The van der Waals surface area contributed by atoms with Crippen molar-refractivity contribution in [2.45, 2.75) is 11.9 Å². The number of carbonyl (C=O) groups excluding carboxylic acids is 2. The molecule has 0 aliphatic carbocycles. The second kappa shape index (κ2) is 3.59. The Balaban J connectivity index is 2.61. The molecule has 2 atom stereocenters. The first-order chi connectivity index (χ1) is 5.69. The summed E-state index contributed by atoms with van der Waals surface area (Å²) in [5, 5.41) is 4.75. The van der Waals surface area contributed by atoms with E-state index in [4.69, 9.17) is 11.3 Å². The second-order valence-corrected chi connectivity index (χ2v) is 2.36. The van der Waals surface area contributed by atoms with Crippen molar-refractivity contribution in [3.63, 3.8) is 0 Å². The lowest BCUT2D eigenvalue weighted by Crippen LogP contribution is -2.67. The molecule has 2 unspecified atom stereocenters. The number of rotatable bonds is 2. The van der Waals surface area contributed by atoms with Gasteiger partial charge in [0.1, 0.15) is 0 Å². The van der Waals surface area contributed by atoms with E-state index in [-0.39, 0.29) is 11.8 Å². The van der Waals surface area contributed by atoms with E-state index < -0.39 is 11.9 Å². The highest BCUT2D eigenvalue weighted by atomic mass is 16.2. The third-order valence-electron chi connectivity index (χ3n) is 1.55. The minimum absolute atomic E-state index is 0.358. The van der Waals surface area contributed by atoms with Gasteiger partial charge in [0.2, 0.25) is 26.6 Å². The van der Waals surface area contributed by atoms with E-state index in [0.717, 1.165) is 14.8 Å². The first kappa shape index (κ1) is 9.08. The predicted octanol–water partition coefficient (Wildman–Crippen LogP) is -3.96. The van der Waals surface area contributed by atoms with Crippen LogP contribution in [-0.2, 0) is 9.59 Å². The minimum atomic E-state index is -0.756. The van der Waals surface area contributed by atoms with Crippen LogP contribution < -0.4 is 21.9 Å². The number of nitrogens with one attached hydrogen (secondary N) is 2. The molecule has 1 rings (SSSR count). The van der Waals surface area contributed by atoms with Crippen molar-refractivity contribution in [2.75, 3.05) is 0 Å². The molecule has 1 fully saturated rings. The van der Waals surface area contributed by atoms with Crippen molar-refractivity contribution >= 4 is 26.6 Å². The van der Waals surface area contributed by atoms with E-state index in [2.05, 4.69) is 10.6 Å². The molecule has 1 saturated heterocycles. The zero-order valence-electron chi connectivity index (χ0n) is 6.28. The minimum Gasteiger partial charge on any atom is -0.372 e. The van der Waals surface area contributed by atoms with Crippen LogP contribution in [0, 0.1) is 0 Å². The fraction of sp³-hybridized carbons (Fsp3) is 0.500. The average molecular weight is 166 g/mol. The monoisotopic (exact) mass is 166 g/mol. The molecule has 0 spiro atoms. The van der Waals surface area contributed by atoms with Crippen LogP contribution >= 0.6 is 0 Å². The van der Waals surface area contributed by atoms with Crippen LogP contribution in [0.1, 0.15) is 0 Å². The quantitative estimate of drug-likeness (QED) is 0.313. The van der Waals surface area contributed by atoms with Crippen LogP contribution in [0.15, 0.2) is 0 Å².